The molecule has 0 spiro atoms. The molecule has 2 aromatic rings. The van der Waals surface area contributed by atoms with Gasteiger partial charge in [-0.05, 0) is 81.9 Å². The molecule has 3 rings (SSSR count). The zero-order chi connectivity index (χ0) is 17.6. The lowest BCUT2D eigenvalue weighted by molar-refractivity contribution is 0.0821. The van der Waals surface area contributed by atoms with Crippen molar-refractivity contribution >= 4 is 75.3 Å². The van der Waals surface area contributed by atoms with Gasteiger partial charge in [0.15, 0.2) is 6.23 Å². The first-order valence-electron chi connectivity index (χ1n) is 6.64. The molecule has 2 aromatic carbocycles. The predicted molar refractivity (Wildman–Crippen MR) is 105 cm³/mol. The van der Waals surface area contributed by atoms with Crippen molar-refractivity contribution in [2.45, 2.75) is 6.23 Å². The summed E-state index contributed by atoms with van der Waals surface area (Å²) in [7, 11) is 1.55. The van der Waals surface area contributed by atoms with Crippen LogP contribution in [0.5, 0.6) is 0 Å². The van der Waals surface area contributed by atoms with Crippen LogP contribution in [-0.4, -0.2) is 13.0 Å². The van der Waals surface area contributed by atoms with Crippen LogP contribution in [0.4, 0.5) is 5.69 Å². The normalized spacial score (nSPS) is 16.2. The zero-order valence-electron chi connectivity index (χ0n) is 12.1. The molecule has 1 aliphatic rings. The van der Waals surface area contributed by atoms with Crippen molar-refractivity contribution in [3.05, 3.63) is 58.8 Å². The molecule has 4 nitrogen and oxygen atoms in total. The van der Waals surface area contributed by atoms with Gasteiger partial charge in [0.1, 0.15) is 0 Å². The van der Waals surface area contributed by atoms with Crippen LogP contribution in [0.3, 0.4) is 0 Å². The minimum Gasteiger partial charge on any atom is -0.357 e. The first-order chi connectivity index (χ1) is 11.4. The van der Waals surface area contributed by atoms with Crippen LogP contribution in [0.25, 0.3) is 0 Å². The molecule has 0 saturated heterocycles. The Bertz CT molecular complexity index is 908. The molecule has 1 aliphatic heterocycles. The number of benzene rings is 2. The number of carbonyl (C=O) groups is 1. The Kier molecular flexibility index (Phi) is 5.19. The number of methoxy groups -OCH3 is 1. The summed E-state index contributed by atoms with van der Waals surface area (Å²) in [6.45, 7) is 0. The number of hydrogen-bond acceptors (Lipinski definition) is 3. The van der Waals surface area contributed by atoms with Gasteiger partial charge in [-0.15, -0.1) is 0 Å². The molecule has 1 unspecified atom stereocenters. The number of nitrogens with zero attached hydrogens (tertiary/aromatic N) is 2. The standard InChI is InChI=1S/C16H8Br4N2O2/c1-24-16-10-9(11(17)13(19)14(20)12(10)18)15(23)22(16)8-4-2-3-7(5-8)6-21/h2-5,16H,1H3. The largest absolute Gasteiger partial charge is 0.357 e. The molecule has 8 heteroatoms. The molecule has 0 radical (unpaired) electrons. The number of amides is 1. The molecule has 0 N–H and O–H groups in total. The van der Waals surface area contributed by atoms with E-state index in [2.05, 4.69) is 69.8 Å². The van der Waals surface area contributed by atoms with Crippen LogP contribution in [0.2, 0.25) is 0 Å². The van der Waals surface area contributed by atoms with Crippen LogP contribution < -0.4 is 4.90 Å². The van der Waals surface area contributed by atoms with Gasteiger partial charge in [-0.25, -0.2) is 0 Å². The average molecular weight is 580 g/mol. The maximum Gasteiger partial charge on any atom is 0.262 e. The summed E-state index contributed by atoms with van der Waals surface area (Å²) < 4.78 is 8.54. The van der Waals surface area contributed by atoms with Crippen LogP contribution in [-0.2, 0) is 4.74 Å². The van der Waals surface area contributed by atoms with Gasteiger partial charge in [0.05, 0.1) is 17.2 Å². The van der Waals surface area contributed by atoms with Crippen molar-refractivity contribution < 1.29 is 9.53 Å². The zero-order valence-corrected chi connectivity index (χ0v) is 18.5. The van der Waals surface area contributed by atoms with Crippen molar-refractivity contribution in [1.82, 2.24) is 0 Å². The lowest BCUT2D eigenvalue weighted by Gasteiger charge is -2.24. The number of carbonyl (C=O) groups excluding carboxylic acids is 1. The van der Waals surface area contributed by atoms with Gasteiger partial charge >= 0.3 is 0 Å². The topological polar surface area (TPSA) is 53.3 Å². The third-order valence-electron chi connectivity index (χ3n) is 3.69. The van der Waals surface area contributed by atoms with Crippen LogP contribution in [0, 0.1) is 11.3 Å². The minimum absolute atomic E-state index is 0.201. The van der Waals surface area contributed by atoms with Crippen LogP contribution in [0.1, 0.15) is 27.7 Å². The van der Waals surface area contributed by atoms with E-state index in [0.717, 1.165) is 19.0 Å². The first kappa shape index (κ1) is 18.1. The molecule has 0 aromatic heterocycles. The number of ether oxygens (including phenoxy) is 1. The number of halogens is 4. The lowest BCUT2D eigenvalue weighted by atomic mass is 10.1. The molecule has 1 atom stereocenters. The Labute approximate surface area is 172 Å². The molecule has 122 valence electrons. The molecule has 1 amide bonds. The highest BCUT2D eigenvalue weighted by molar-refractivity contribution is 9.15. The summed E-state index contributed by atoms with van der Waals surface area (Å²) in [5.74, 6) is -0.201. The Morgan fingerprint density at radius 2 is 1.79 bits per heavy atom. The smallest absolute Gasteiger partial charge is 0.262 e. The predicted octanol–water partition coefficient (Wildman–Crippen LogP) is 5.91. The van der Waals surface area contributed by atoms with Gasteiger partial charge in [0.2, 0.25) is 0 Å². The fraction of sp³-hybridized carbons (Fsp3) is 0.125. The van der Waals surface area contributed by atoms with Crippen LogP contribution >= 0.6 is 63.7 Å². The van der Waals surface area contributed by atoms with E-state index in [0.29, 0.717) is 21.3 Å². The Morgan fingerprint density at radius 3 is 2.42 bits per heavy atom. The van der Waals surface area contributed by atoms with Gasteiger partial charge < -0.3 is 4.74 Å². The number of anilines is 1. The fourth-order valence-electron chi connectivity index (χ4n) is 2.65. The lowest BCUT2D eigenvalue weighted by Crippen LogP contribution is -2.28. The summed E-state index contributed by atoms with van der Waals surface area (Å²) in [6, 6.07) is 8.97. The van der Waals surface area contributed by atoms with E-state index >= 15 is 0 Å². The summed E-state index contributed by atoms with van der Waals surface area (Å²) in [4.78, 5) is 14.6. The molecule has 0 fully saturated rings. The van der Waals surface area contributed by atoms with Crippen molar-refractivity contribution in [3.63, 3.8) is 0 Å². The first-order valence-corrected chi connectivity index (χ1v) is 9.82. The van der Waals surface area contributed by atoms with E-state index in [4.69, 9.17) is 10.00 Å². The summed E-state index contributed by atoms with van der Waals surface area (Å²) >= 11 is 14.0. The van der Waals surface area contributed by atoms with Crippen molar-refractivity contribution in [2.24, 2.45) is 0 Å². The fourth-order valence-corrected chi connectivity index (χ4v) is 5.16. The Morgan fingerprint density at radius 1 is 1.12 bits per heavy atom. The van der Waals surface area contributed by atoms with E-state index in [1.54, 1.807) is 36.3 Å². The molecule has 1 heterocycles. The third-order valence-corrected chi connectivity index (χ3v) is 8.49. The number of hydrogen-bond donors (Lipinski definition) is 0. The van der Waals surface area contributed by atoms with Crippen LogP contribution in [0.15, 0.2) is 42.2 Å². The average Bonchev–Trinajstić information content (AvgIpc) is 2.90. The quantitative estimate of drug-likeness (QED) is 0.328. The minimum atomic E-state index is -0.600. The second-order valence-electron chi connectivity index (χ2n) is 4.97. The SMILES string of the molecule is COC1c2c(Br)c(Br)c(Br)c(Br)c2C(=O)N1c1cccc(C#N)c1. The van der Waals surface area contributed by atoms with E-state index < -0.39 is 6.23 Å². The van der Waals surface area contributed by atoms with Gasteiger partial charge in [0.25, 0.3) is 5.91 Å². The maximum atomic E-state index is 13.1. The van der Waals surface area contributed by atoms with E-state index in [-0.39, 0.29) is 5.91 Å². The highest BCUT2D eigenvalue weighted by atomic mass is 79.9. The van der Waals surface area contributed by atoms with E-state index in [1.807, 2.05) is 0 Å². The van der Waals surface area contributed by atoms with E-state index in [9.17, 15) is 4.79 Å². The molecule has 24 heavy (non-hydrogen) atoms. The van der Waals surface area contributed by atoms with Gasteiger partial charge in [-0.1, -0.05) is 6.07 Å². The number of rotatable bonds is 2. The number of fused-ring (bicyclic) bond motifs is 1. The van der Waals surface area contributed by atoms with Crippen molar-refractivity contribution in [3.8, 4) is 6.07 Å². The number of nitriles is 1. The molecular weight excluding hydrogens is 572 g/mol. The van der Waals surface area contributed by atoms with Crippen molar-refractivity contribution in [2.75, 3.05) is 12.0 Å². The van der Waals surface area contributed by atoms with E-state index in [1.165, 1.54) is 0 Å². The highest BCUT2D eigenvalue weighted by Gasteiger charge is 2.42. The summed E-state index contributed by atoms with van der Waals surface area (Å²) in [5, 5.41) is 9.12. The second-order valence-corrected chi connectivity index (χ2v) is 8.14. The van der Waals surface area contributed by atoms with Crippen molar-refractivity contribution in [1.29, 1.82) is 5.26 Å². The van der Waals surface area contributed by atoms with Gasteiger partial charge in [-0.2, -0.15) is 5.26 Å². The maximum absolute atomic E-state index is 13.1. The highest BCUT2D eigenvalue weighted by Crippen LogP contribution is 2.50. The molecule has 0 bridgehead atoms. The molecular formula is C16H8Br4N2O2. The molecule has 0 aliphatic carbocycles. The monoisotopic (exact) mass is 576 g/mol. The summed E-state index contributed by atoms with van der Waals surface area (Å²) in [5.41, 5.74) is 2.33. The Balaban J connectivity index is 2.25. The van der Waals surface area contributed by atoms with Gasteiger partial charge in [-0.3, -0.25) is 9.69 Å². The molecule has 0 saturated carbocycles. The second kappa shape index (κ2) is 6.89. The Hall–Kier alpha value is -0.720. The summed E-state index contributed by atoms with van der Waals surface area (Å²) in [6.07, 6.45) is -0.600. The van der Waals surface area contributed by atoms with Gasteiger partial charge in [0, 0.05) is 36.3 Å². The third kappa shape index (κ3) is 2.67.